The summed E-state index contributed by atoms with van der Waals surface area (Å²) < 4.78 is 0. The van der Waals surface area contributed by atoms with Crippen LogP contribution in [0.4, 0.5) is 0 Å². The van der Waals surface area contributed by atoms with Crippen molar-refractivity contribution in [3.8, 4) is 0 Å². The Balaban J connectivity index is 2.68. The highest BCUT2D eigenvalue weighted by Gasteiger charge is 2.34. The second kappa shape index (κ2) is 7.45. The summed E-state index contributed by atoms with van der Waals surface area (Å²) in [4.78, 5) is 26.0. The van der Waals surface area contributed by atoms with Crippen LogP contribution in [0.15, 0.2) is 0 Å². The highest BCUT2D eigenvalue weighted by atomic mass is 16.2. The van der Waals surface area contributed by atoms with Gasteiger partial charge in [-0.3, -0.25) is 14.5 Å². The molecule has 1 rings (SSSR count). The maximum Gasteiger partial charge on any atom is 0.238 e. The third-order valence-corrected chi connectivity index (χ3v) is 3.71. The number of hydrogen-bond donors (Lipinski definition) is 3. The van der Waals surface area contributed by atoms with Gasteiger partial charge >= 0.3 is 0 Å². The molecule has 0 aromatic rings. The lowest BCUT2D eigenvalue weighted by Crippen LogP contribution is -2.62. The van der Waals surface area contributed by atoms with E-state index in [-0.39, 0.29) is 29.9 Å². The first-order valence-corrected chi connectivity index (χ1v) is 6.99. The quantitative estimate of drug-likeness (QED) is 0.618. The largest absolute Gasteiger partial charge is 0.358 e. The maximum atomic E-state index is 12.2. The van der Waals surface area contributed by atoms with E-state index in [1.165, 1.54) is 0 Å². The SMILES string of the molecule is CCC(C)NC(=O)C(C)N1CCNCC1C(=O)NC. The monoisotopic (exact) mass is 270 g/mol. The molecule has 0 bridgehead atoms. The fourth-order valence-electron chi connectivity index (χ4n) is 2.21. The Labute approximate surface area is 115 Å². The first-order valence-electron chi connectivity index (χ1n) is 6.99. The molecule has 3 unspecified atom stereocenters. The van der Waals surface area contributed by atoms with Gasteiger partial charge in [0, 0.05) is 32.7 Å². The standard InChI is InChI=1S/C13H26N4O2/c1-5-9(2)16-12(18)10(3)17-7-6-15-8-11(17)13(19)14-4/h9-11,15H,5-8H2,1-4H3,(H,14,19)(H,16,18). The van der Waals surface area contributed by atoms with Gasteiger partial charge in [-0.2, -0.15) is 0 Å². The summed E-state index contributed by atoms with van der Waals surface area (Å²) in [7, 11) is 1.62. The molecule has 1 saturated heterocycles. The minimum Gasteiger partial charge on any atom is -0.358 e. The second-order valence-corrected chi connectivity index (χ2v) is 5.07. The van der Waals surface area contributed by atoms with Crippen molar-refractivity contribution in [2.24, 2.45) is 0 Å². The van der Waals surface area contributed by atoms with Crippen LogP contribution in [0.25, 0.3) is 0 Å². The van der Waals surface area contributed by atoms with E-state index in [9.17, 15) is 9.59 Å². The molecule has 1 fully saturated rings. The van der Waals surface area contributed by atoms with Crippen molar-refractivity contribution in [1.82, 2.24) is 20.9 Å². The van der Waals surface area contributed by atoms with Gasteiger partial charge < -0.3 is 16.0 Å². The van der Waals surface area contributed by atoms with E-state index >= 15 is 0 Å². The van der Waals surface area contributed by atoms with E-state index < -0.39 is 0 Å². The number of hydrogen-bond acceptors (Lipinski definition) is 4. The van der Waals surface area contributed by atoms with Crippen LogP contribution in [0.2, 0.25) is 0 Å². The maximum absolute atomic E-state index is 12.2. The average Bonchev–Trinajstić information content (AvgIpc) is 2.45. The normalized spacial score (nSPS) is 23.5. The Morgan fingerprint density at radius 3 is 2.68 bits per heavy atom. The van der Waals surface area contributed by atoms with Crippen molar-refractivity contribution in [3.05, 3.63) is 0 Å². The number of rotatable bonds is 5. The molecule has 0 radical (unpaired) electrons. The average molecular weight is 270 g/mol. The molecule has 0 saturated carbocycles. The first kappa shape index (κ1) is 15.9. The molecule has 3 atom stereocenters. The van der Waals surface area contributed by atoms with Crippen LogP contribution in [-0.4, -0.2) is 61.5 Å². The Morgan fingerprint density at radius 1 is 1.42 bits per heavy atom. The third kappa shape index (κ3) is 4.18. The lowest BCUT2D eigenvalue weighted by Gasteiger charge is -2.38. The second-order valence-electron chi connectivity index (χ2n) is 5.07. The van der Waals surface area contributed by atoms with Crippen molar-refractivity contribution in [3.63, 3.8) is 0 Å². The predicted octanol–water partition coefficient (Wildman–Crippen LogP) is -0.691. The molecule has 3 N–H and O–H groups in total. The Kier molecular flexibility index (Phi) is 6.24. The molecular weight excluding hydrogens is 244 g/mol. The molecular formula is C13H26N4O2. The van der Waals surface area contributed by atoms with Crippen molar-refractivity contribution in [1.29, 1.82) is 0 Å². The molecule has 1 aliphatic heterocycles. The van der Waals surface area contributed by atoms with E-state index in [1.54, 1.807) is 7.05 Å². The Morgan fingerprint density at radius 2 is 2.11 bits per heavy atom. The highest BCUT2D eigenvalue weighted by Crippen LogP contribution is 2.09. The minimum absolute atomic E-state index is 0.00912. The van der Waals surface area contributed by atoms with Crippen molar-refractivity contribution >= 4 is 11.8 Å². The lowest BCUT2D eigenvalue weighted by molar-refractivity contribution is -0.133. The number of nitrogens with one attached hydrogen (secondary N) is 3. The van der Waals surface area contributed by atoms with Crippen LogP contribution in [0.1, 0.15) is 27.2 Å². The minimum atomic E-state index is -0.293. The number of carbonyl (C=O) groups excluding carboxylic acids is 2. The van der Waals surface area contributed by atoms with Crippen LogP contribution in [-0.2, 0) is 9.59 Å². The Bertz CT molecular complexity index is 322. The number of carbonyl (C=O) groups is 2. The molecule has 6 heteroatoms. The van der Waals surface area contributed by atoms with Gasteiger partial charge in [-0.15, -0.1) is 0 Å². The van der Waals surface area contributed by atoms with Crippen molar-refractivity contribution in [2.75, 3.05) is 26.7 Å². The number of likely N-dealkylation sites (N-methyl/N-ethyl adjacent to an activating group) is 1. The molecule has 0 spiro atoms. The van der Waals surface area contributed by atoms with Gasteiger partial charge in [0.1, 0.15) is 6.04 Å². The molecule has 0 aromatic heterocycles. The molecule has 110 valence electrons. The van der Waals surface area contributed by atoms with Gasteiger partial charge in [0.2, 0.25) is 11.8 Å². The zero-order chi connectivity index (χ0) is 14.4. The van der Waals surface area contributed by atoms with Gasteiger partial charge in [-0.25, -0.2) is 0 Å². The zero-order valence-corrected chi connectivity index (χ0v) is 12.3. The van der Waals surface area contributed by atoms with Gasteiger partial charge in [-0.1, -0.05) is 6.92 Å². The van der Waals surface area contributed by atoms with Gasteiger partial charge in [0.15, 0.2) is 0 Å². The summed E-state index contributed by atoms with van der Waals surface area (Å²) in [6.07, 6.45) is 0.902. The third-order valence-electron chi connectivity index (χ3n) is 3.71. The fraction of sp³-hybridized carbons (Fsp3) is 0.846. The topological polar surface area (TPSA) is 73.5 Å². The number of nitrogens with zero attached hydrogens (tertiary/aromatic N) is 1. The molecule has 1 aliphatic rings. The predicted molar refractivity (Wildman–Crippen MR) is 74.8 cm³/mol. The first-order chi connectivity index (χ1) is 9.01. The van der Waals surface area contributed by atoms with Crippen LogP contribution >= 0.6 is 0 Å². The smallest absolute Gasteiger partial charge is 0.238 e. The zero-order valence-electron chi connectivity index (χ0n) is 12.3. The van der Waals surface area contributed by atoms with E-state index in [4.69, 9.17) is 0 Å². The molecule has 6 nitrogen and oxygen atoms in total. The Hall–Kier alpha value is -1.14. The van der Waals surface area contributed by atoms with Crippen LogP contribution in [0, 0.1) is 0 Å². The summed E-state index contributed by atoms with van der Waals surface area (Å²) in [5.74, 6) is -0.0551. The van der Waals surface area contributed by atoms with Crippen LogP contribution in [0.3, 0.4) is 0 Å². The van der Waals surface area contributed by atoms with Gasteiger partial charge in [-0.05, 0) is 20.3 Å². The van der Waals surface area contributed by atoms with Crippen LogP contribution < -0.4 is 16.0 Å². The molecule has 1 heterocycles. The molecule has 0 aromatic carbocycles. The summed E-state index contributed by atoms with van der Waals surface area (Å²) >= 11 is 0. The molecule has 2 amide bonds. The van der Waals surface area contributed by atoms with E-state index in [1.807, 2.05) is 25.7 Å². The fourth-order valence-corrected chi connectivity index (χ4v) is 2.21. The molecule has 19 heavy (non-hydrogen) atoms. The summed E-state index contributed by atoms with van der Waals surface area (Å²) in [5, 5.41) is 8.82. The molecule has 0 aliphatic carbocycles. The number of amides is 2. The number of piperazine rings is 1. The highest BCUT2D eigenvalue weighted by molar-refractivity contribution is 5.85. The van der Waals surface area contributed by atoms with Crippen molar-refractivity contribution in [2.45, 2.75) is 45.3 Å². The summed E-state index contributed by atoms with van der Waals surface area (Å²) in [6.45, 7) is 7.97. The summed E-state index contributed by atoms with van der Waals surface area (Å²) in [5.41, 5.74) is 0. The van der Waals surface area contributed by atoms with E-state index in [0.29, 0.717) is 13.1 Å². The van der Waals surface area contributed by atoms with E-state index in [0.717, 1.165) is 13.0 Å². The summed E-state index contributed by atoms with van der Waals surface area (Å²) in [6, 6.07) is -0.411. The van der Waals surface area contributed by atoms with Crippen molar-refractivity contribution < 1.29 is 9.59 Å². The van der Waals surface area contributed by atoms with E-state index in [2.05, 4.69) is 16.0 Å². The van der Waals surface area contributed by atoms with Crippen LogP contribution in [0.5, 0.6) is 0 Å². The van der Waals surface area contributed by atoms with Gasteiger partial charge in [0.05, 0.1) is 6.04 Å². The van der Waals surface area contributed by atoms with Gasteiger partial charge in [0.25, 0.3) is 0 Å². The lowest BCUT2D eigenvalue weighted by atomic mass is 10.1.